The Balaban J connectivity index is 4.36. The molecule has 6 heteroatoms. The summed E-state index contributed by atoms with van der Waals surface area (Å²) in [6.07, 6.45) is 72.2. The van der Waals surface area contributed by atoms with Crippen molar-refractivity contribution >= 4 is 17.9 Å². The molecule has 0 radical (unpaired) electrons. The predicted molar refractivity (Wildman–Crippen MR) is 298 cm³/mol. The van der Waals surface area contributed by atoms with Gasteiger partial charge in [0, 0.05) is 19.3 Å². The lowest BCUT2D eigenvalue weighted by atomic mass is 10.1. The molecule has 0 N–H and O–H groups in total. The minimum atomic E-state index is -0.787. The van der Waals surface area contributed by atoms with Crippen molar-refractivity contribution in [2.24, 2.45) is 0 Å². The van der Waals surface area contributed by atoms with Crippen LogP contribution >= 0.6 is 0 Å². The summed E-state index contributed by atoms with van der Waals surface area (Å²) in [5, 5.41) is 0. The molecule has 0 aromatic carbocycles. The van der Waals surface area contributed by atoms with Crippen LogP contribution in [0.3, 0.4) is 0 Å². The summed E-state index contributed by atoms with van der Waals surface area (Å²) in [7, 11) is 0. The molecule has 0 aliphatic carbocycles. The van der Waals surface area contributed by atoms with E-state index in [1.165, 1.54) is 180 Å². The highest BCUT2D eigenvalue weighted by Gasteiger charge is 2.19. The van der Waals surface area contributed by atoms with Gasteiger partial charge in [-0.3, -0.25) is 14.4 Å². The molecule has 0 aromatic heterocycles. The van der Waals surface area contributed by atoms with Crippen LogP contribution in [0.5, 0.6) is 0 Å². The lowest BCUT2D eigenvalue weighted by Gasteiger charge is -2.18. The molecule has 400 valence electrons. The summed E-state index contributed by atoms with van der Waals surface area (Å²) in [6, 6.07) is 0. The fourth-order valence-corrected chi connectivity index (χ4v) is 8.55. The van der Waals surface area contributed by atoms with E-state index in [4.69, 9.17) is 14.2 Å². The normalized spacial score (nSPS) is 12.4. The number of rotatable bonds is 54. The molecular formula is C63H112O6. The summed E-state index contributed by atoms with van der Waals surface area (Å²) < 4.78 is 16.9. The second-order valence-corrected chi connectivity index (χ2v) is 19.9. The van der Waals surface area contributed by atoms with Crippen molar-refractivity contribution in [3.63, 3.8) is 0 Å². The summed E-state index contributed by atoms with van der Waals surface area (Å²) >= 11 is 0. The minimum Gasteiger partial charge on any atom is -0.462 e. The third-order valence-corrected chi connectivity index (χ3v) is 13.0. The monoisotopic (exact) mass is 965 g/mol. The molecule has 0 saturated heterocycles. The predicted octanol–water partition coefficient (Wildman–Crippen LogP) is 20.0. The topological polar surface area (TPSA) is 78.9 Å². The van der Waals surface area contributed by atoms with Gasteiger partial charge in [-0.2, -0.15) is 0 Å². The molecule has 1 unspecified atom stereocenters. The Morgan fingerprint density at radius 2 is 0.580 bits per heavy atom. The Bertz CT molecular complexity index is 1250. The summed E-state index contributed by atoms with van der Waals surface area (Å²) in [5.74, 6) is -0.901. The van der Waals surface area contributed by atoms with Crippen LogP contribution in [0.2, 0.25) is 0 Å². The quantitative estimate of drug-likeness (QED) is 0.0199. The zero-order chi connectivity index (χ0) is 50.0. The number of hydrogen-bond acceptors (Lipinski definition) is 6. The highest BCUT2D eigenvalue weighted by molar-refractivity contribution is 5.71. The molecule has 0 aliphatic rings. The standard InChI is InChI=1S/C63H112O6/c1-4-7-10-13-16-19-22-25-27-29-31-33-35-38-41-44-47-50-53-56-62(65)68-59-60(58-67-61(64)55-52-49-46-43-40-37-24-21-18-15-12-9-6-3)69-63(66)57-54-51-48-45-42-39-36-34-32-30-28-26-23-20-17-14-11-8-5-2/h9,12,15,18,21,24,29-32,60H,4-8,10-11,13-14,16-17,19-20,22-23,25-28,33-59H2,1-3H3/b12-9+,18-15+,24-21+,31-29+,32-30+. The lowest BCUT2D eigenvalue weighted by molar-refractivity contribution is -0.167. The molecule has 0 aliphatic heterocycles. The first-order valence-electron chi connectivity index (χ1n) is 29.8. The molecule has 0 amide bonds. The third-order valence-electron chi connectivity index (χ3n) is 13.0. The molecule has 0 spiro atoms. The van der Waals surface area contributed by atoms with Crippen LogP contribution in [0.25, 0.3) is 0 Å². The highest BCUT2D eigenvalue weighted by Crippen LogP contribution is 2.16. The fraction of sp³-hybridized carbons (Fsp3) is 0.794. The van der Waals surface area contributed by atoms with Gasteiger partial charge in [0.15, 0.2) is 6.10 Å². The minimum absolute atomic E-state index is 0.0838. The molecular weight excluding hydrogens is 853 g/mol. The van der Waals surface area contributed by atoms with Gasteiger partial charge in [-0.15, -0.1) is 0 Å². The maximum atomic E-state index is 12.9. The maximum Gasteiger partial charge on any atom is 0.306 e. The number of carbonyl (C=O) groups excluding carboxylic acids is 3. The van der Waals surface area contributed by atoms with E-state index >= 15 is 0 Å². The summed E-state index contributed by atoms with van der Waals surface area (Å²) in [6.45, 7) is 6.51. The summed E-state index contributed by atoms with van der Waals surface area (Å²) in [5.41, 5.74) is 0. The van der Waals surface area contributed by atoms with Crippen LogP contribution in [0.4, 0.5) is 0 Å². The molecule has 0 saturated carbocycles. The first kappa shape index (κ1) is 66.1. The second-order valence-electron chi connectivity index (χ2n) is 19.9. The second kappa shape index (κ2) is 57.7. The smallest absolute Gasteiger partial charge is 0.306 e. The molecule has 0 fully saturated rings. The number of carbonyl (C=O) groups is 3. The van der Waals surface area contributed by atoms with E-state index in [0.717, 1.165) is 83.5 Å². The number of unbranched alkanes of at least 4 members (excludes halogenated alkanes) is 35. The van der Waals surface area contributed by atoms with Crippen molar-refractivity contribution in [3.05, 3.63) is 60.8 Å². The van der Waals surface area contributed by atoms with E-state index in [2.05, 4.69) is 81.5 Å². The van der Waals surface area contributed by atoms with Crippen molar-refractivity contribution in [1.82, 2.24) is 0 Å². The van der Waals surface area contributed by atoms with Crippen molar-refractivity contribution < 1.29 is 28.6 Å². The van der Waals surface area contributed by atoms with Crippen molar-refractivity contribution in [2.45, 2.75) is 309 Å². The van der Waals surface area contributed by atoms with E-state index in [9.17, 15) is 14.4 Å². The summed E-state index contributed by atoms with van der Waals surface area (Å²) in [4.78, 5) is 38.2. The van der Waals surface area contributed by atoms with Crippen LogP contribution in [0.1, 0.15) is 303 Å². The highest BCUT2D eigenvalue weighted by atomic mass is 16.6. The Morgan fingerprint density at radius 3 is 0.913 bits per heavy atom. The molecule has 1 atom stereocenters. The van der Waals surface area contributed by atoms with Crippen molar-refractivity contribution in [2.75, 3.05) is 13.2 Å². The van der Waals surface area contributed by atoms with Crippen molar-refractivity contribution in [3.8, 4) is 0 Å². The molecule has 0 aromatic rings. The fourth-order valence-electron chi connectivity index (χ4n) is 8.55. The van der Waals surface area contributed by atoms with Crippen molar-refractivity contribution in [1.29, 1.82) is 0 Å². The van der Waals surface area contributed by atoms with Crippen LogP contribution in [0, 0.1) is 0 Å². The van der Waals surface area contributed by atoms with E-state index < -0.39 is 6.10 Å². The van der Waals surface area contributed by atoms with Crippen LogP contribution in [0.15, 0.2) is 60.8 Å². The average Bonchev–Trinajstić information content (AvgIpc) is 3.35. The molecule has 69 heavy (non-hydrogen) atoms. The van der Waals surface area contributed by atoms with E-state index in [1.54, 1.807) is 0 Å². The maximum absolute atomic E-state index is 12.9. The third kappa shape index (κ3) is 55.9. The molecule has 6 nitrogen and oxygen atoms in total. The zero-order valence-corrected chi connectivity index (χ0v) is 45.8. The first-order chi connectivity index (χ1) is 34.0. The van der Waals surface area contributed by atoms with Gasteiger partial charge in [0.25, 0.3) is 0 Å². The Labute approximate surface area is 428 Å². The Morgan fingerprint density at radius 1 is 0.304 bits per heavy atom. The molecule has 0 heterocycles. The van der Waals surface area contributed by atoms with E-state index in [0.29, 0.717) is 19.3 Å². The number of ether oxygens (including phenoxy) is 3. The largest absolute Gasteiger partial charge is 0.462 e. The van der Waals surface area contributed by atoms with Gasteiger partial charge < -0.3 is 14.2 Å². The Hall–Kier alpha value is -2.89. The molecule has 0 rings (SSSR count). The number of esters is 3. The van der Waals surface area contributed by atoms with Gasteiger partial charge in [-0.25, -0.2) is 0 Å². The Kier molecular flexibility index (Phi) is 55.3. The van der Waals surface area contributed by atoms with Gasteiger partial charge in [0.2, 0.25) is 0 Å². The average molecular weight is 966 g/mol. The molecule has 0 bridgehead atoms. The van der Waals surface area contributed by atoms with Gasteiger partial charge in [0.05, 0.1) is 0 Å². The lowest BCUT2D eigenvalue weighted by Crippen LogP contribution is -2.30. The SMILES string of the molecule is CC/C=C/C=C/C=C/CCCCCCCC(=O)OCC(COC(=O)CCCCCCCCC/C=C/CCCCCCCCCC)OC(=O)CCCCCCCCC/C=C/CCCCCCCCCC. The van der Waals surface area contributed by atoms with Crippen LogP contribution < -0.4 is 0 Å². The van der Waals surface area contributed by atoms with Crippen LogP contribution in [-0.2, 0) is 28.6 Å². The van der Waals surface area contributed by atoms with Gasteiger partial charge in [0.1, 0.15) is 13.2 Å². The number of allylic oxidation sites excluding steroid dienone is 10. The van der Waals surface area contributed by atoms with Gasteiger partial charge >= 0.3 is 17.9 Å². The van der Waals surface area contributed by atoms with E-state index in [-0.39, 0.29) is 31.1 Å². The van der Waals surface area contributed by atoms with Gasteiger partial charge in [-0.05, 0) is 89.9 Å². The zero-order valence-electron chi connectivity index (χ0n) is 45.8. The first-order valence-corrected chi connectivity index (χ1v) is 29.8. The van der Waals surface area contributed by atoms with Crippen LogP contribution in [-0.4, -0.2) is 37.2 Å². The van der Waals surface area contributed by atoms with Gasteiger partial charge in [-0.1, -0.05) is 255 Å². The number of hydrogen-bond donors (Lipinski definition) is 0. The van der Waals surface area contributed by atoms with E-state index in [1.807, 2.05) is 0 Å².